The molecule has 0 aliphatic carbocycles. The number of ether oxygens (including phenoxy) is 1. The number of rotatable bonds is 3. The maximum absolute atomic E-state index is 12.2. The fourth-order valence-electron chi connectivity index (χ4n) is 3.06. The Morgan fingerprint density at radius 2 is 2.08 bits per heavy atom. The van der Waals surface area contributed by atoms with Crippen LogP contribution in [0.4, 0.5) is 5.82 Å². The van der Waals surface area contributed by atoms with E-state index in [1.54, 1.807) is 10.6 Å². The van der Waals surface area contributed by atoms with Crippen LogP contribution in [-0.2, 0) is 4.74 Å². The maximum Gasteiger partial charge on any atom is 0.267 e. The molecule has 0 spiro atoms. The van der Waals surface area contributed by atoms with Crippen molar-refractivity contribution in [3.8, 4) is 0 Å². The molecular formula is C16H19N7O2. The molecule has 4 heterocycles. The summed E-state index contributed by atoms with van der Waals surface area (Å²) in [5.74, 6) is 1.34. The van der Waals surface area contributed by atoms with E-state index >= 15 is 0 Å². The first-order valence-electron chi connectivity index (χ1n) is 8.12. The minimum absolute atomic E-state index is 0.111. The van der Waals surface area contributed by atoms with Crippen LogP contribution < -0.4 is 10.9 Å². The van der Waals surface area contributed by atoms with E-state index in [9.17, 15) is 4.79 Å². The van der Waals surface area contributed by atoms with Crippen LogP contribution in [0.3, 0.4) is 0 Å². The number of hydrogen-bond acceptors (Lipinski definition) is 7. The summed E-state index contributed by atoms with van der Waals surface area (Å²) < 4.78 is 8.80. The SMILES string of the molecule is Cc1ccc(=O)n(C2COCC2Nc2c(C)c(C)nc3ncnn23)n1. The summed E-state index contributed by atoms with van der Waals surface area (Å²) >= 11 is 0. The fourth-order valence-corrected chi connectivity index (χ4v) is 3.06. The molecule has 9 nitrogen and oxygen atoms in total. The second-order valence-electron chi connectivity index (χ2n) is 6.26. The van der Waals surface area contributed by atoms with Crippen molar-refractivity contribution in [3.63, 3.8) is 0 Å². The van der Waals surface area contributed by atoms with Crippen LogP contribution in [0.15, 0.2) is 23.3 Å². The summed E-state index contributed by atoms with van der Waals surface area (Å²) in [4.78, 5) is 20.8. The zero-order valence-corrected chi connectivity index (χ0v) is 14.3. The first-order valence-corrected chi connectivity index (χ1v) is 8.12. The highest BCUT2D eigenvalue weighted by molar-refractivity contribution is 5.52. The van der Waals surface area contributed by atoms with Crippen LogP contribution >= 0.6 is 0 Å². The summed E-state index contributed by atoms with van der Waals surface area (Å²) in [6.07, 6.45) is 1.47. The zero-order valence-electron chi connectivity index (χ0n) is 14.3. The van der Waals surface area contributed by atoms with Gasteiger partial charge in [0, 0.05) is 17.3 Å². The Morgan fingerprint density at radius 1 is 1.24 bits per heavy atom. The molecular weight excluding hydrogens is 322 g/mol. The van der Waals surface area contributed by atoms with Gasteiger partial charge in [-0.05, 0) is 26.8 Å². The van der Waals surface area contributed by atoms with Gasteiger partial charge in [0.15, 0.2) is 0 Å². The number of fused-ring (bicyclic) bond motifs is 1. The molecule has 0 radical (unpaired) electrons. The van der Waals surface area contributed by atoms with Crippen molar-refractivity contribution >= 4 is 11.6 Å². The topological polar surface area (TPSA) is 99.2 Å². The maximum atomic E-state index is 12.2. The van der Waals surface area contributed by atoms with E-state index < -0.39 is 0 Å². The van der Waals surface area contributed by atoms with Gasteiger partial charge >= 0.3 is 0 Å². The van der Waals surface area contributed by atoms with Crippen molar-refractivity contribution in [3.05, 3.63) is 45.8 Å². The average Bonchev–Trinajstić information content (AvgIpc) is 3.23. The van der Waals surface area contributed by atoms with E-state index in [-0.39, 0.29) is 17.6 Å². The summed E-state index contributed by atoms with van der Waals surface area (Å²) in [5, 5.41) is 12.1. The van der Waals surface area contributed by atoms with E-state index in [4.69, 9.17) is 4.74 Å². The molecule has 3 aromatic heterocycles. The second-order valence-corrected chi connectivity index (χ2v) is 6.26. The Bertz CT molecular complexity index is 994. The third kappa shape index (κ3) is 2.66. The quantitative estimate of drug-likeness (QED) is 0.747. The van der Waals surface area contributed by atoms with Crippen molar-refractivity contribution in [2.24, 2.45) is 0 Å². The van der Waals surface area contributed by atoms with E-state index in [1.807, 2.05) is 20.8 Å². The van der Waals surface area contributed by atoms with Crippen molar-refractivity contribution in [1.82, 2.24) is 29.4 Å². The molecule has 1 aliphatic rings. The van der Waals surface area contributed by atoms with Gasteiger partial charge in [0.05, 0.1) is 24.9 Å². The van der Waals surface area contributed by atoms with Gasteiger partial charge in [-0.1, -0.05) is 0 Å². The van der Waals surface area contributed by atoms with Crippen molar-refractivity contribution in [1.29, 1.82) is 0 Å². The third-order valence-electron chi connectivity index (χ3n) is 4.55. The molecule has 0 bridgehead atoms. The van der Waals surface area contributed by atoms with Gasteiger partial charge in [0.2, 0.25) is 0 Å². The highest BCUT2D eigenvalue weighted by Crippen LogP contribution is 2.25. The van der Waals surface area contributed by atoms with Crippen LogP contribution in [0.25, 0.3) is 5.78 Å². The monoisotopic (exact) mass is 341 g/mol. The number of hydrogen-bond donors (Lipinski definition) is 1. The Morgan fingerprint density at radius 3 is 2.92 bits per heavy atom. The average molecular weight is 341 g/mol. The van der Waals surface area contributed by atoms with Gasteiger partial charge in [-0.25, -0.2) is 9.67 Å². The molecule has 9 heteroatoms. The number of aromatic nitrogens is 6. The minimum atomic E-state index is -0.196. The minimum Gasteiger partial charge on any atom is -0.377 e. The molecule has 1 N–H and O–H groups in total. The van der Waals surface area contributed by atoms with E-state index in [0.717, 1.165) is 22.8 Å². The Labute approximate surface area is 143 Å². The van der Waals surface area contributed by atoms with Gasteiger partial charge < -0.3 is 10.1 Å². The van der Waals surface area contributed by atoms with Gasteiger partial charge in [0.1, 0.15) is 18.2 Å². The van der Waals surface area contributed by atoms with E-state index in [2.05, 4.69) is 25.5 Å². The summed E-state index contributed by atoms with van der Waals surface area (Å²) in [6, 6.07) is 2.94. The van der Waals surface area contributed by atoms with E-state index in [1.165, 1.54) is 17.1 Å². The zero-order chi connectivity index (χ0) is 17.6. The first kappa shape index (κ1) is 15.7. The molecule has 2 unspecified atom stereocenters. The Hall–Kier alpha value is -2.81. The molecule has 25 heavy (non-hydrogen) atoms. The van der Waals surface area contributed by atoms with Gasteiger partial charge in [-0.2, -0.15) is 19.7 Å². The van der Waals surface area contributed by atoms with Crippen LogP contribution in [-0.4, -0.2) is 48.6 Å². The Balaban J connectivity index is 1.73. The van der Waals surface area contributed by atoms with Crippen LogP contribution in [0, 0.1) is 20.8 Å². The predicted octanol–water partition coefficient (Wildman–Crippen LogP) is 0.658. The smallest absolute Gasteiger partial charge is 0.267 e. The summed E-state index contributed by atoms with van der Waals surface area (Å²) in [5.41, 5.74) is 2.51. The van der Waals surface area contributed by atoms with Gasteiger partial charge in [-0.3, -0.25) is 4.79 Å². The standard InChI is InChI=1S/C16H19N7O2/c1-9-4-5-14(24)22(21-9)13-7-25-6-12(13)20-15-10(2)11(3)19-16-17-8-18-23(15)16/h4-5,8,12-13,20H,6-7H2,1-3H3. The Kier molecular flexibility index (Phi) is 3.72. The normalized spacial score (nSPS) is 20.3. The van der Waals surface area contributed by atoms with Crippen molar-refractivity contribution < 1.29 is 4.74 Å². The number of aryl methyl sites for hydroxylation is 2. The second kappa shape index (κ2) is 5.92. The van der Waals surface area contributed by atoms with Crippen LogP contribution in [0.1, 0.15) is 23.0 Å². The number of nitrogens with one attached hydrogen (secondary N) is 1. The lowest BCUT2D eigenvalue weighted by atomic mass is 10.1. The summed E-state index contributed by atoms with van der Waals surface area (Å²) in [7, 11) is 0. The van der Waals surface area contributed by atoms with Gasteiger partial charge in [-0.15, -0.1) is 0 Å². The largest absolute Gasteiger partial charge is 0.377 e. The lowest BCUT2D eigenvalue weighted by Gasteiger charge is -2.22. The number of anilines is 1. The predicted molar refractivity (Wildman–Crippen MR) is 90.8 cm³/mol. The molecule has 1 saturated heterocycles. The summed E-state index contributed by atoms with van der Waals surface area (Å²) in [6.45, 7) is 6.68. The highest BCUT2D eigenvalue weighted by atomic mass is 16.5. The fraction of sp³-hybridized carbons (Fsp3) is 0.438. The van der Waals surface area contributed by atoms with Crippen LogP contribution in [0.2, 0.25) is 0 Å². The molecule has 3 aromatic rings. The molecule has 0 amide bonds. The van der Waals surface area contributed by atoms with Crippen LogP contribution in [0.5, 0.6) is 0 Å². The van der Waals surface area contributed by atoms with Crippen molar-refractivity contribution in [2.75, 3.05) is 18.5 Å². The molecule has 4 rings (SSSR count). The van der Waals surface area contributed by atoms with Crippen molar-refractivity contribution in [2.45, 2.75) is 32.9 Å². The lowest BCUT2D eigenvalue weighted by molar-refractivity contribution is 0.182. The molecule has 0 aromatic carbocycles. The lowest BCUT2D eigenvalue weighted by Crippen LogP contribution is -2.38. The molecule has 1 aliphatic heterocycles. The van der Waals surface area contributed by atoms with Gasteiger partial charge in [0.25, 0.3) is 11.3 Å². The first-order chi connectivity index (χ1) is 12.0. The molecule has 130 valence electrons. The third-order valence-corrected chi connectivity index (χ3v) is 4.55. The molecule has 2 atom stereocenters. The molecule has 0 saturated carbocycles. The van der Waals surface area contributed by atoms with E-state index in [0.29, 0.717) is 19.0 Å². The number of nitrogens with zero attached hydrogens (tertiary/aromatic N) is 6. The molecule has 1 fully saturated rings. The highest BCUT2D eigenvalue weighted by Gasteiger charge is 2.32.